The van der Waals surface area contributed by atoms with Gasteiger partial charge in [0.05, 0.1) is 34.6 Å². The highest BCUT2D eigenvalue weighted by atomic mass is 19.3. The molecule has 6 aromatic rings. The van der Waals surface area contributed by atoms with Crippen molar-refractivity contribution in [2.45, 2.75) is 46.1 Å². The van der Waals surface area contributed by atoms with E-state index in [0.717, 1.165) is 45.0 Å². The normalized spacial score (nSPS) is 15.1. The first-order valence-electron chi connectivity index (χ1n) is 13.2. The lowest BCUT2D eigenvalue weighted by atomic mass is 9.81. The van der Waals surface area contributed by atoms with Crippen LogP contribution in [-0.2, 0) is 6.54 Å². The Morgan fingerprint density at radius 2 is 1.75 bits per heavy atom. The van der Waals surface area contributed by atoms with E-state index >= 15 is 0 Å². The fourth-order valence-corrected chi connectivity index (χ4v) is 5.58. The van der Waals surface area contributed by atoms with Crippen LogP contribution in [0.15, 0.2) is 61.1 Å². The van der Waals surface area contributed by atoms with E-state index in [0.29, 0.717) is 29.3 Å². The number of benzene rings is 2. The van der Waals surface area contributed by atoms with Crippen molar-refractivity contribution in [2.24, 2.45) is 5.92 Å². The van der Waals surface area contributed by atoms with Gasteiger partial charge in [-0.05, 0) is 63.1 Å². The monoisotopic (exact) mass is 539 g/mol. The second kappa shape index (κ2) is 8.97. The molecule has 40 heavy (non-hydrogen) atoms. The van der Waals surface area contributed by atoms with Gasteiger partial charge in [-0.1, -0.05) is 0 Å². The van der Waals surface area contributed by atoms with Crippen molar-refractivity contribution in [2.75, 3.05) is 0 Å². The molecular weight excluding hydrogens is 512 g/mol. The van der Waals surface area contributed by atoms with E-state index in [1.54, 1.807) is 17.1 Å². The molecule has 8 nitrogen and oxygen atoms in total. The minimum atomic E-state index is -2.54. The van der Waals surface area contributed by atoms with Crippen LogP contribution in [0.25, 0.3) is 39.0 Å². The van der Waals surface area contributed by atoms with Crippen LogP contribution >= 0.6 is 0 Å². The lowest BCUT2D eigenvalue weighted by Gasteiger charge is -2.34. The number of imidazole rings is 1. The summed E-state index contributed by atoms with van der Waals surface area (Å²) in [6.07, 6.45) is 5.09. The second-order valence-electron chi connectivity index (χ2n) is 10.7. The summed E-state index contributed by atoms with van der Waals surface area (Å²) in [5, 5.41) is 4.41. The predicted molar refractivity (Wildman–Crippen MR) is 148 cm³/mol. The van der Waals surface area contributed by atoms with Gasteiger partial charge < -0.3 is 14.3 Å². The third-order valence-electron chi connectivity index (χ3n) is 7.49. The topological polar surface area (TPSA) is 86.4 Å². The number of hydrogen-bond acceptors (Lipinski definition) is 5. The van der Waals surface area contributed by atoms with Gasteiger partial charge in [0, 0.05) is 48.6 Å². The van der Waals surface area contributed by atoms with Crippen molar-refractivity contribution in [1.29, 1.82) is 0 Å². The molecule has 202 valence electrons. The Bertz CT molecular complexity index is 1870. The summed E-state index contributed by atoms with van der Waals surface area (Å²) in [7, 11) is 0. The highest BCUT2D eigenvalue weighted by molar-refractivity contribution is 5.89. The van der Waals surface area contributed by atoms with Crippen LogP contribution in [0.1, 0.15) is 30.1 Å². The largest absolute Gasteiger partial charge is 0.455 e. The van der Waals surface area contributed by atoms with E-state index in [4.69, 9.17) is 14.7 Å². The highest BCUT2D eigenvalue weighted by Gasteiger charge is 2.45. The highest BCUT2D eigenvalue weighted by Crippen LogP contribution is 2.43. The Balaban J connectivity index is 1.31. The molecule has 0 spiro atoms. The minimum Gasteiger partial charge on any atom is -0.455 e. The standard InChI is InChI=1S/C30H27F2N7O/c1-17-4-5-18(2)39(17)29-27(40-22-6-7-23-25(10-22)36-19(3)35-23)9-8-24-28(29)37-26(14-33-24)21-13-34-38(16-21)15-20-11-30(31,32)12-20/h4-10,13-14,16,20H,11-12,15H2,1-3H3,(H,35,36). The first kappa shape index (κ1) is 24.4. The molecule has 1 fully saturated rings. The van der Waals surface area contributed by atoms with Gasteiger partial charge >= 0.3 is 0 Å². The maximum Gasteiger partial charge on any atom is 0.248 e. The third kappa shape index (κ3) is 4.29. The number of alkyl halides is 2. The minimum absolute atomic E-state index is 0.0682. The summed E-state index contributed by atoms with van der Waals surface area (Å²) in [5.41, 5.74) is 7.46. The molecule has 0 amide bonds. The number of aromatic nitrogens is 7. The van der Waals surface area contributed by atoms with Crippen LogP contribution in [0.3, 0.4) is 0 Å². The van der Waals surface area contributed by atoms with Crippen LogP contribution in [-0.4, -0.2) is 40.2 Å². The van der Waals surface area contributed by atoms with E-state index in [9.17, 15) is 8.78 Å². The maximum atomic E-state index is 13.3. The summed E-state index contributed by atoms with van der Waals surface area (Å²) in [5.74, 6) is -0.460. The van der Waals surface area contributed by atoms with Crippen molar-refractivity contribution in [1.82, 2.24) is 34.3 Å². The van der Waals surface area contributed by atoms with Crippen molar-refractivity contribution >= 4 is 22.1 Å². The first-order valence-corrected chi connectivity index (χ1v) is 13.2. The zero-order chi connectivity index (χ0) is 27.6. The van der Waals surface area contributed by atoms with Crippen LogP contribution in [0.5, 0.6) is 11.5 Å². The molecule has 4 heterocycles. The molecule has 1 saturated carbocycles. The fraction of sp³-hybridized carbons (Fsp3) is 0.267. The number of aryl methyl sites for hydroxylation is 3. The number of hydrogen-bond donors (Lipinski definition) is 1. The molecule has 2 aromatic carbocycles. The molecule has 1 aliphatic rings. The Hall–Kier alpha value is -4.60. The first-order chi connectivity index (χ1) is 19.2. The summed E-state index contributed by atoms with van der Waals surface area (Å²) in [6, 6.07) is 13.7. The Morgan fingerprint density at radius 1 is 0.975 bits per heavy atom. The molecule has 0 atom stereocenters. The molecule has 0 saturated heterocycles. The van der Waals surface area contributed by atoms with Gasteiger partial charge in [0.1, 0.15) is 22.8 Å². The van der Waals surface area contributed by atoms with Crippen molar-refractivity contribution in [3.05, 3.63) is 78.3 Å². The zero-order valence-electron chi connectivity index (χ0n) is 22.3. The maximum absolute atomic E-state index is 13.3. The van der Waals surface area contributed by atoms with Crippen LogP contribution in [0.4, 0.5) is 8.78 Å². The van der Waals surface area contributed by atoms with E-state index in [2.05, 4.69) is 31.8 Å². The van der Waals surface area contributed by atoms with Gasteiger partial charge in [0.2, 0.25) is 5.92 Å². The number of ether oxygens (including phenoxy) is 1. The summed E-state index contributed by atoms with van der Waals surface area (Å²) in [6.45, 7) is 6.47. The Morgan fingerprint density at radius 3 is 2.52 bits per heavy atom. The third-order valence-corrected chi connectivity index (χ3v) is 7.49. The quantitative estimate of drug-likeness (QED) is 0.248. The Labute approximate surface area is 228 Å². The molecule has 1 aliphatic carbocycles. The second-order valence-corrected chi connectivity index (χ2v) is 10.7. The summed E-state index contributed by atoms with van der Waals surface area (Å²) in [4.78, 5) is 17.5. The van der Waals surface area contributed by atoms with E-state index in [-0.39, 0.29) is 18.8 Å². The number of fused-ring (bicyclic) bond motifs is 2. The van der Waals surface area contributed by atoms with E-state index < -0.39 is 5.92 Å². The number of nitrogens with one attached hydrogen (secondary N) is 1. The molecular formula is C30H27F2N7O. The van der Waals surface area contributed by atoms with Crippen LogP contribution < -0.4 is 4.74 Å². The van der Waals surface area contributed by atoms with Gasteiger partial charge in [-0.2, -0.15) is 5.10 Å². The van der Waals surface area contributed by atoms with Crippen LogP contribution in [0, 0.1) is 26.7 Å². The summed E-state index contributed by atoms with van der Waals surface area (Å²) >= 11 is 0. The van der Waals surface area contributed by atoms with Crippen LogP contribution in [0.2, 0.25) is 0 Å². The van der Waals surface area contributed by atoms with Crippen molar-refractivity contribution in [3.8, 4) is 28.4 Å². The van der Waals surface area contributed by atoms with Crippen molar-refractivity contribution in [3.63, 3.8) is 0 Å². The van der Waals surface area contributed by atoms with E-state index in [1.807, 2.05) is 57.3 Å². The number of H-pyrrole nitrogens is 1. The van der Waals surface area contributed by atoms with Gasteiger partial charge in [-0.15, -0.1) is 0 Å². The lowest BCUT2D eigenvalue weighted by molar-refractivity contribution is -0.114. The number of halogens is 2. The molecule has 0 aliphatic heterocycles. The van der Waals surface area contributed by atoms with Gasteiger partial charge in [0.25, 0.3) is 0 Å². The average molecular weight is 540 g/mol. The fourth-order valence-electron chi connectivity index (χ4n) is 5.58. The number of aromatic amines is 1. The summed E-state index contributed by atoms with van der Waals surface area (Å²) < 4.78 is 36.9. The molecule has 1 N–H and O–H groups in total. The molecule has 10 heteroatoms. The average Bonchev–Trinajstić information content (AvgIpc) is 3.60. The number of rotatable bonds is 6. The molecule has 4 aromatic heterocycles. The molecule has 0 bridgehead atoms. The number of nitrogens with zero attached hydrogens (tertiary/aromatic N) is 6. The SMILES string of the molecule is Cc1nc2ccc(Oc3ccc4ncc(-c5cnn(CC6CC(F)(F)C6)c5)nc4c3-n3c(C)ccc3C)cc2[nH]1. The van der Waals surface area contributed by atoms with Gasteiger partial charge in [-0.3, -0.25) is 9.67 Å². The van der Waals surface area contributed by atoms with Gasteiger partial charge in [-0.25, -0.2) is 18.7 Å². The smallest absolute Gasteiger partial charge is 0.248 e. The van der Waals surface area contributed by atoms with Crippen molar-refractivity contribution < 1.29 is 13.5 Å². The lowest BCUT2D eigenvalue weighted by Crippen LogP contribution is -2.37. The zero-order valence-corrected chi connectivity index (χ0v) is 22.3. The predicted octanol–water partition coefficient (Wildman–Crippen LogP) is 6.92. The van der Waals surface area contributed by atoms with E-state index in [1.165, 1.54) is 0 Å². The molecule has 0 radical (unpaired) electrons. The Kier molecular flexibility index (Phi) is 5.48. The van der Waals surface area contributed by atoms with Gasteiger partial charge in [0.15, 0.2) is 5.75 Å². The molecule has 7 rings (SSSR count). The molecule has 0 unspecified atom stereocenters.